The Labute approximate surface area is 194 Å². The average Bonchev–Trinajstić information content (AvgIpc) is 3.00. The summed E-state index contributed by atoms with van der Waals surface area (Å²) in [5, 5.41) is 12.8. The summed E-state index contributed by atoms with van der Waals surface area (Å²) in [5.41, 5.74) is 3.45. The number of amides is 1. The number of hydrogen-bond donors (Lipinski definition) is 2. The van der Waals surface area contributed by atoms with Gasteiger partial charge in [-0.25, -0.2) is 9.38 Å². The molecule has 0 atom stereocenters. The van der Waals surface area contributed by atoms with Crippen molar-refractivity contribution in [3.8, 4) is 5.75 Å². The minimum atomic E-state index is -0.351. The van der Waals surface area contributed by atoms with Crippen molar-refractivity contribution < 1.29 is 14.3 Å². The van der Waals surface area contributed by atoms with Gasteiger partial charge in [0.05, 0.1) is 11.4 Å². The second-order valence-electron chi connectivity index (χ2n) is 7.53. The number of fused-ring (bicyclic) bond motifs is 2. The molecule has 5 rings (SSSR count). The summed E-state index contributed by atoms with van der Waals surface area (Å²) < 4.78 is 14.7. The van der Waals surface area contributed by atoms with Gasteiger partial charge in [-0.2, -0.15) is 0 Å². The van der Waals surface area contributed by atoms with Gasteiger partial charge in [0.2, 0.25) is 0 Å². The number of phenols is 1. The topological polar surface area (TPSA) is 61.7 Å². The SMILES string of the molecule is O=C(NCc1ccccc1O)c1ccc2c(c1)N=C(c1ccccc1F)c1ccccc1S2. The first-order valence-electron chi connectivity index (χ1n) is 10.4. The van der Waals surface area contributed by atoms with Crippen molar-refractivity contribution in [3.63, 3.8) is 0 Å². The lowest BCUT2D eigenvalue weighted by molar-refractivity contribution is 0.0950. The lowest BCUT2D eigenvalue weighted by Gasteiger charge is -2.09. The molecule has 6 heteroatoms. The fourth-order valence-electron chi connectivity index (χ4n) is 3.68. The predicted molar refractivity (Wildman–Crippen MR) is 128 cm³/mol. The van der Waals surface area contributed by atoms with Gasteiger partial charge in [-0.15, -0.1) is 0 Å². The maximum absolute atomic E-state index is 14.7. The van der Waals surface area contributed by atoms with Crippen LogP contribution in [0.25, 0.3) is 0 Å². The highest BCUT2D eigenvalue weighted by Gasteiger charge is 2.21. The molecule has 0 saturated carbocycles. The van der Waals surface area contributed by atoms with E-state index in [9.17, 15) is 14.3 Å². The summed E-state index contributed by atoms with van der Waals surface area (Å²) in [5.74, 6) is -0.500. The van der Waals surface area contributed by atoms with Gasteiger partial charge in [-0.3, -0.25) is 4.79 Å². The van der Waals surface area contributed by atoms with E-state index in [-0.39, 0.29) is 24.0 Å². The number of nitrogens with zero attached hydrogens (tertiary/aromatic N) is 1. The Morgan fingerprint density at radius 2 is 1.61 bits per heavy atom. The predicted octanol–water partition coefficient (Wildman–Crippen LogP) is 6.10. The van der Waals surface area contributed by atoms with E-state index in [1.54, 1.807) is 54.6 Å². The van der Waals surface area contributed by atoms with Crippen LogP contribution in [-0.2, 0) is 6.54 Å². The number of aromatic hydroxyl groups is 1. The molecule has 0 aliphatic carbocycles. The fraction of sp³-hybridized carbons (Fsp3) is 0.0370. The second kappa shape index (κ2) is 8.92. The second-order valence-corrected chi connectivity index (χ2v) is 8.62. The number of nitrogens with one attached hydrogen (secondary N) is 1. The van der Waals surface area contributed by atoms with Crippen LogP contribution in [0.4, 0.5) is 10.1 Å². The summed E-state index contributed by atoms with van der Waals surface area (Å²) in [6.07, 6.45) is 0. The first-order valence-corrected chi connectivity index (χ1v) is 11.2. The average molecular weight is 455 g/mol. The summed E-state index contributed by atoms with van der Waals surface area (Å²) >= 11 is 1.54. The third kappa shape index (κ3) is 4.25. The maximum atomic E-state index is 14.7. The van der Waals surface area contributed by atoms with Crippen LogP contribution in [0.15, 0.2) is 106 Å². The Kier molecular flexibility index (Phi) is 5.67. The number of benzene rings is 4. The number of carbonyl (C=O) groups excluding carboxylic acids is 1. The Hall–Kier alpha value is -3.90. The van der Waals surface area contributed by atoms with Crippen LogP contribution in [0.1, 0.15) is 27.0 Å². The first-order chi connectivity index (χ1) is 16.1. The molecular weight excluding hydrogens is 435 g/mol. The maximum Gasteiger partial charge on any atom is 0.251 e. The standard InChI is InChI=1S/C27H19FN2O2S/c28-21-10-4-2-8-19(21)26-20-9-3-6-12-24(20)33-25-14-13-17(15-22(25)30-26)27(32)29-16-18-7-1-5-11-23(18)31/h1-15,31H,16H2,(H,29,32). The van der Waals surface area contributed by atoms with Crippen molar-refractivity contribution in [2.24, 2.45) is 4.99 Å². The molecule has 4 aromatic carbocycles. The fourth-order valence-corrected chi connectivity index (χ4v) is 4.68. The highest BCUT2D eigenvalue weighted by Crippen LogP contribution is 2.41. The number of para-hydroxylation sites is 1. The van der Waals surface area contributed by atoms with Crippen molar-refractivity contribution >= 4 is 29.1 Å². The molecular formula is C27H19FN2O2S. The highest BCUT2D eigenvalue weighted by atomic mass is 32.2. The highest BCUT2D eigenvalue weighted by molar-refractivity contribution is 7.99. The number of hydrogen-bond acceptors (Lipinski definition) is 4. The van der Waals surface area contributed by atoms with Gasteiger partial charge in [0, 0.05) is 38.6 Å². The van der Waals surface area contributed by atoms with Gasteiger partial charge in [-0.05, 0) is 42.5 Å². The number of aliphatic imine (C=N–C) groups is 1. The number of halogens is 1. The number of rotatable bonds is 4. The molecule has 4 aromatic rings. The van der Waals surface area contributed by atoms with Gasteiger partial charge in [0.15, 0.2) is 0 Å². The lowest BCUT2D eigenvalue weighted by Crippen LogP contribution is -2.22. The summed E-state index contributed by atoms with van der Waals surface area (Å²) in [6.45, 7) is 0.201. The van der Waals surface area contributed by atoms with Crippen molar-refractivity contribution in [2.45, 2.75) is 16.3 Å². The summed E-state index contributed by atoms with van der Waals surface area (Å²) in [7, 11) is 0. The molecule has 1 aliphatic rings. The Morgan fingerprint density at radius 3 is 2.42 bits per heavy atom. The Morgan fingerprint density at radius 1 is 0.879 bits per heavy atom. The van der Waals surface area contributed by atoms with Crippen LogP contribution in [0.3, 0.4) is 0 Å². The van der Waals surface area contributed by atoms with Crippen molar-refractivity contribution in [1.82, 2.24) is 5.32 Å². The van der Waals surface area contributed by atoms with E-state index >= 15 is 0 Å². The monoisotopic (exact) mass is 454 g/mol. The molecule has 0 radical (unpaired) electrons. The van der Waals surface area contributed by atoms with E-state index in [1.807, 2.05) is 30.3 Å². The minimum absolute atomic E-state index is 0.132. The Balaban J connectivity index is 1.52. The van der Waals surface area contributed by atoms with Gasteiger partial charge in [0.1, 0.15) is 11.6 Å². The molecule has 1 heterocycles. The van der Waals surface area contributed by atoms with Crippen LogP contribution in [0.2, 0.25) is 0 Å². The van der Waals surface area contributed by atoms with Crippen LogP contribution in [0.5, 0.6) is 5.75 Å². The molecule has 0 aromatic heterocycles. The van der Waals surface area contributed by atoms with Crippen LogP contribution < -0.4 is 5.32 Å². The molecule has 162 valence electrons. The lowest BCUT2D eigenvalue weighted by atomic mass is 10.0. The molecule has 1 amide bonds. The van der Waals surface area contributed by atoms with Crippen LogP contribution >= 0.6 is 11.8 Å². The third-order valence-corrected chi connectivity index (χ3v) is 6.52. The van der Waals surface area contributed by atoms with Gasteiger partial charge in [0.25, 0.3) is 5.91 Å². The zero-order valence-corrected chi connectivity index (χ0v) is 18.3. The quantitative estimate of drug-likeness (QED) is 0.345. The number of phenolic OH excluding ortho intramolecular Hbond substituents is 1. The van der Waals surface area contributed by atoms with Crippen LogP contribution in [0, 0.1) is 5.82 Å². The summed E-state index contributed by atoms with van der Waals surface area (Å²) in [6, 6.07) is 26.5. The molecule has 4 nitrogen and oxygen atoms in total. The van der Waals surface area contributed by atoms with Gasteiger partial charge < -0.3 is 10.4 Å². The molecule has 2 N–H and O–H groups in total. The van der Waals surface area contributed by atoms with E-state index in [2.05, 4.69) is 5.32 Å². The van der Waals surface area contributed by atoms with Gasteiger partial charge in [-0.1, -0.05) is 60.3 Å². The van der Waals surface area contributed by atoms with Crippen molar-refractivity contribution in [3.05, 3.63) is 119 Å². The van der Waals surface area contributed by atoms with Crippen LogP contribution in [-0.4, -0.2) is 16.7 Å². The summed E-state index contributed by atoms with van der Waals surface area (Å²) in [4.78, 5) is 19.5. The van der Waals surface area contributed by atoms with E-state index in [0.29, 0.717) is 28.1 Å². The third-order valence-electron chi connectivity index (χ3n) is 5.38. The normalized spacial score (nSPS) is 12.2. The zero-order chi connectivity index (χ0) is 22.8. The molecule has 0 fully saturated rings. The molecule has 0 unspecified atom stereocenters. The zero-order valence-electron chi connectivity index (χ0n) is 17.5. The van der Waals surface area contributed by atoms with Gasteiger partial charge >= 0.3 is 0 Å². The van der Waals surface area contributed by atoms with E-state index in [1.165, 1.54) is 17.8 Å². The van der Waals surface area contributed by atoms with Crippen molar-refractivity contribution in [2.75, 3.05) is 0 Å². The van der Waals surface area contributed by atoms with E-state index in [4.69, 9.17) is 4.99 Å². The van der Waals surface area contributed by atoms with E-state index in [0.717, 1.165) is 15.4 Å². The molecule has 33 heavy (non-hydrogen) atoms. The number of carbonyl (C=O) groups is 1. The van der Waals surface area contributed by atoms with Crippen molar-refractivity contribution in [1.29, 1.82) is 0 Å². The molecule has 0 saturated heterocycles. The molecule has 1 aliphatic heterocycles. The molecule has 0 spiro atoms. The smallest absolute Gasteiger partial charge is 0.251 e. The first kappa shape index (κ1) is 21.0. The van der Waals surface area contributed by atoms with E-state index < -0.39 is 0 Å². The largest absolute Gasteiger partial charge is 0.508 e. The minimum Gasteiger partial charge on any atom is -0.508 e. The molecule has 0 bridgehead atoms. The Bertz CT molecular complexity index is 1400.